The first-order chi connectivity index (χ1) is 17.9. The average Bonchev–Trinajstić information content (AvgIpc) is 3.30. The number of amides is 1. The first kappa shape index (κ1) is 24.3. The van der Waals surface area contributed by atoms with Gasteiger partial charge in [-0.1, -0.05) is 12.1 Å². The lowest BCUT2D eigenvalue weighted by Crippen LogP contribution is -2.36. The van der Waals surface area contributed by atoms with Gasteiger partial charge in [0.25, 0.3) is 5.91 Å². The van der Waals surface area contributed by atoms with Gasteiger partial charge >= 0.3 is 5.97 Å². The summed E-state index contributed by atoms with van der Waals surface area (Å²) in [6, 6.07) is 15.9. The van der Waals surface area contributed by atoms with Crippen LogP contribution in [0.25, 0.3) is 22.3 Å². The molecule has 5 rings (SSSR count). The molecule has 8 nitrogen and oxygen atoms in total. The number of morpholine rings is 1. The summed E-state index contributed by atoms with van der Waals surface area (Å²) in [7, 11) is 1.54. The van der Waals surface area contributed by atoms with Crippen LogP contribution in [0.15, 0.2) is 65.1 Å². The molecule has 2 N–H and O–H groups in total. The molecule has 1 amide bonds. The van der Waals surface area contributed by atoms with Gasteiger partial charge in [0.2, 0.25) is 0 Å². The fourth-order valence-corrected chi connectivity index (χ4v) is 4.34. The summed E-state index contributed by atoms with van der Waals surface area (Å²) in [6.45, 7) is 2.64. The monoisotopic (exact) mass is 504 g/mol. The summed E-state index contributed by atoms with van der Waals surface area (Å²) < 4.78 is 31.5. The maximum Gasteiger partial charge on any atom is 0.335 e. The van der Waals surface area contributed by atoms with Gasteiger partial charge in [0.05, 0.1) is 30.0 Å². The Morgan fingerprint density at radius 3 is 2.41 bits per heavy atom. The van der Waals surface area contributed by atoms with Crippen molar-refractivity contribution >= 4 is 28.5 Å². The average molecular weight is 505 g/mol. The van der Waals surface area contributed by atoms with Crippen molar-refractivity contribution in [1.29, 1.82) is 0 Å². The molecule has 2 heterocycles. The number of furan rings is 1. The molecule has 190 valence electrons. The van der Waals surface area contributed by atoms with E-state index in [-0.39, 0.29) is 23.9 Å². The van der Waals surface area contributed by atoms with Gasteiger partial charge in [0.1, 0.15) is 29.5 Å². The fourth-order valence-electron chi connectivity index (χ4n) is 4.34. The van der Waals surface area contributed by atoms with Crippen LogP contribution in [-0.2, 0) is 11.3 Å². The number of benzene rings is 3. The van der Waals surface area contributed by atoms with Crippen LogP contribution in [-0.4, -0.2) is 50.3 Å². The second-order valence-electron chi connectivity index (χ2n) is 8.60. The summed E-state index contributed by atoms with van der Waals surface area (Å²) in [4.78, 5) is 26.2. The molecule has 0 spiro atoms. The highest BCUT2D eigenvalue weighted by Crippen LogP contribution is 2.41. The predicted octanol–water partition coefficient (Wildman–Crippen LogP) is 4.71. The summed E-state index contributed by atoms with van der Waals surface area (Å²) in [5.74, 6) is -0.835. The van der Waals surface area contributed by atoms with E-state index < -0.39 is 5.97 Å². The van der Waals surface area contributed by atoms with Crippen molar-refractivity contribution in [2.75, 3.05) is 38.3 Å². The number of nitrogens with zero attached hydrogens (tertiary/aromatic N) is 1. The van der Waals surface area contributed by atoms with Crippen LogP contribution in [0.5, 0.6) is 5.75 Å². The maximum atomic E-state index is 13.6. The Balaban J connectivity index is 1.59. The normalized spacial score (nSPS) is 13.5. The lowest BCUT2D eigenvalue weighted by Gasteiger charge is -2.30. The molecule has 0 saturated carbocycles. The number of rotatable bonds is 7. The van der Waals surface area contributed by atoms with E-state index in [9.17, 15) is 14.0 Å². The third-order valence-corrected chi connectivity index (χ3v) is 6.28. The van der Waals surface area contributed by atoms with Crippen molar-refractivity contribution in [3.05, 3.63) is 83.2 Å². The van der Waals surface area contributed by atoms with Crippen LogP contribution in [0.2, 0.25) is 0 Å². The van der Waals surface area contributed by atoms with Crippen molar-refractivity contribution in [3.8, 4) is 17.1 Å². The number of carboxylic acids is 1. The number of anilines is 1. The third-order valence-electron chi connectivity index (χ3n) is 6.28. The highest BCUT2D eigenvalue weighted by Gasteiger charge is 2.25. The van der Waals surface area contributed by atoms with Gasteiger partial charge in [-0.25, -0.2) is 9.18 Å². The number of carboxylic acid groups (broad SMARTS) is 1. The third kappa shape index (κ3) is 4.99. The van der Waals surface area contributed by atoms with Gasteiger partial charge in [-0.3, -0.25) is 4.79 Å². The molecule has 4 aromatic rings. The Bertz CT molecular complexity index is 1440. The van der Waals surface area contributed by atoms with Crippen molar-refractivity contribution in [1.82, 2.24) is 5.32 Å². The quantitative estimate of drug-likeness (QED) is 0.376. The second-order valence-corrected chi connectivity index (χ2v) is 8.60. The minimum Gasteiger partial charge on any atom is -0.487 e. The molecule has 1 aromatic heterocycles. The standard InChI is InChI=1S/C28H25FN2O6/c1-30-27(32)25-21-14-24(36-16-17-2-4-19(5-3-17)28(33)34)22(31-10-12-35-13-11-31)15-23(21)37-26(25)18-6-8-20(29)9-7-18/h2-9,14-15H,10-13,16H2,1H3,(H,30,32)(H,33,34). The van der Waals surface area contributed by atoms with Crippen LogP contribution in [0.4, 0.5) is 10.1 Å². The summed E-state index contributed by atoms with van der Waals surface area (Å²) in [5, 5.41) is 12.4. The molecule has 0 radical (unpaired) electrons. The molecular formula is C28H25FN2O6. The van der Waals surface area contributed by atoms with Crippen molar-refractivity contribution in [2.45, 2.75) is 6.61 Å². The van der Waals surface area contributed by atoms with E-state index in [4.69, 9.17) is 19.0 Å². The van der Waals surface area contributed by atoms with Crippen molar-refractivity contribution in [3.63, 3.8) is 0 Å². The summed E-state index contributed by atoms with van der Waals surface area (Å²) in [6.07, 6.45) is 0. The van der Waals surface area contributed by atoms with E-state index in [1.54, 1.807) is 30.3 Å². The molecule has 0 aliphatic carbocycles. The highest BCUT2D eigenvalue weighted by atomic mass is 19.1. The number of ether oxygens (including phenoxy) is 2. The number of fused-ring (bicyclic) bond motifs is 1. The molecule has 1 aliphatic rings. The zero-order chi connectivity index (χ0) is 25.9. The molecule has 0 bridgehead atoms. The Hall–Kier alpha value is -4.37. The van der Waals surface area contributed by atoms with E-state index in [1.165, 1.54) is 31.3 Å². The Morgan fingerprint density at radius 2 is 1.76 bits per heavy atom. The molecule has 0 unspecified atom stereocenters. The molecular weight excluding hydrogens is 479 g/mol. The zero-order valence-corrected chi connectivity index (χ0v) is 20.1. The number of halogens is 1. The molecule has 1 saturated heterocycles. The van der Waals surface area contributed by atoms with Crippen LogP contribution in [0.1, 0.15) is 26.3 Å². The largest absolute Gasteiger partial charge is 0.487 e. The lowest BCUT2D eigenvalue weighted by atomic mass is 10.0. The summed E-state index contributed by atoms with van der Waals surface area (Å²) >= 11 is 0. The van der Waals surface area contributed by atoms with E-state index in [0.29, 0.717) is 59.9 Å². The lowest BCUT2D eigenvalue weighted by molar-refractivity contribution is 0.0696. The Kier molecular flexibility index (Phi) is 6.78. The SMILES string of the molecule is CNC(=O)c1c(-c2ccc(F)cc2)oc2cc(N3CCOCC3)c(OCc3ccc(C(=O)O)cc3)cc12. The number of hydrogen-bond donors (Lipinski definition) is 2. The minimum absolute atomic E-state index is 0.195. The molecule has 0 atom stereocenters. The second kappa shape index (κ2) is 10.3. The summed E-state index contributed by atoms with van der Waals surface area (Å²) in [5.41, 5.74) is 3.18. The number of hydrogen-bond acceptors (Lipinski definition) is 6. The van der Waals surface area contributed by atoms with Crippen LogP contribution < -0.4 is 15.0 Å². The molecule has 1 fully saturated rings. The van der Waals surface area contributed by atoms with Gasteiger partial charge in [-0.2, -0.15) is 0 Å². The van der Waals surface area contributed by atoms with Gasteiger partial charge in [0, 0.05) is 37.2 Å². The number of carbonyl (C=O) groups excluding carboxylic acids is 1. The maximum absolute atomic E-state index is 13.6. The van der Waals surface area contributed by atoms with Crippen LogP contribution >= 0.6 is 0 Å². The number of aromatic carboxylic acids is 1. The Labute approximate surface area is 212 Å². The number of carbonyl (C=O) groups is 2. The number of nitrogens with one attached hydrogen (secondary N) is 1. The van der Waals surface area contributed by atoms with Crippen LogP contribution in [0, 0.1) is 5.82 Å². The van der Waals surface area contributed by atoms with Gasteiger partial charge in [-0.05, 0) is 48.0 Å². The zero-order valence-electron chi connectivity index (χ0n) is 20.1. The van der Waals surface area contributed by atoms with Gasteiger partial charge in [0.15, 0.2) is 0 Å². The fraction of sp³-hybridized carbons (Fsp3) is 0.214. The van der Waals surface area contributed by atoms with Gasteiger partial charge in [-0.15, -0.1) is 0 Å². The first-order valence-corrected chi connectivity index (χ1v) is 11.8. The van der Waals surface area contributed by atoms with E-state index >= 15 is 0 Å². The molecule has 9 heteroatoms. The minimum atomic E-state index is -0.994. The van der Waals surface area contributed by atoms with E-state index in [0.717, 1.165) is 11.3 Å². The molecule has 1 aliphatic heterocycles. The molecule has 37 heavy (non-hydrogen) atoms. The van der Waals surface area contributed by atoms with Crippen molar-refractivity contribution < 1.29 is 33.0 Å². The molecule has 3 aromatic carbocycles. The first-order valence-electron chi connectivity index (χ1n) is 11.8. The van der Waals surface area contributed by atoms with Gasteiger partial charge < -0.3 is 29.2 Å². The smallest absolute Gasteiger partial charge is 0.335 e. The topological polar surface area (TPSA) is 101 Å². The van der Waals surface area contributed by atoms with Crippen LogP contribution in [0.3, 0.4) is 0 Å². The Morgan fingerprint density at radius 1 is 1.05 bits per heavy atom. The van der Waals surface area contributed by atoms with Crippen molar-refractivity contribution in [2.24, 2.45) is 0 Å². The van der Waals surface area contributed by atoms with E-state index in [1.807, 2.05) is 6.07 Å². The predicted molar refractivity (Wildman–Crippen MR) is 136 cm³/mol. The van der Waals surface area contributed by atoms with E-state index in [2.05, 4.69) is 10.2 Å². The highest BCUT2D eigenvalue weighted by molar-refractivity contribution is 6.12.